The Labute approximate surface area is 120 Å². The van der Waals surface area contributed by atoms with E-state index in [1.165, 1.54) is 19.4 Å². The molecule has 1 atom stereocenters. The first-order valence-electron chi connectivity index (χ1n) is 6.44. The molecule has 2 aliphatic heterocycles. The lowest BCUT2D eigenvalue weighted by Crippen LogP contribution is -2.51. The maximum absolute atomic E-state index is 12.5. The van der Waals surface area contributed by atoms with Gasteiger partial charge < -0.3 is 4.90 Å². The molecule has 1 unspecified atom stereocenters. The molecule has 3 rings (SSSR count). The predicted molar refractivity (Wildman–Crippen MR) is 77.3 cm³/mol. The van der Waals surface area contributed by atoms with E-state index in [1.54, 1.807) is 11.3 Å². The van der Waals surface area contributed by atoms with Gasteiger partial charge in [-0.25, -0.2) is 0 Å². The Bertz CT molecular complexity index is 454. The van der Waals surface area contributed by atoms with Crippen molar-refractivity contribution in [1.82, 2.24) is 9.80 Å². The highest BCUT2D eigenvalue weighted by atomic mass is 79.9. The molecule has 3 nitrogen and oxygen atoms in total. The van der Waals surface area contributed by atoms with Gasteiger partial charge in [0.15, 0.2) is 0 Å². The van der Waals surface area contributed by atoms with Gasteiger partial charge in [-0.3, -0.25) is 9.69 Å². The summed E-state index contributed by atoms with van der Waals surface area (Å²) in [5.41, 5.74) is 1.16. The number of carbonyl (C=O) groups excluding carboxylic acids is 1. The summed E-state index contributed by atoms with van der Waals surface area (Å²) in [5.74, 6) is 0.209. The van der Waals surface area contributed by atoms with E-state index in [9.17, 15) is 4.79 Å². The normalized spacial score (nSPS) is 24.3. The molecular formula is C13H17BrN2OS. The molecular weight excluding hydrogens is 312 g/mol. The van der Waals surface area contributed by atoms with Crippen LogP contribution in [0.3, 0.4) is 0 Å². The molecule has 18 heavy (non-hydrogen) atoms. The predicted octanol–water partition coefficient (Wildman–Crippen LogP) is 2.74. The van der Waals surface area contributed by atoms with E-state index < -0.39 is 0 Å². The van der Waals surface area contributed by atoms with Crippen molar-refractivity contribution in [2.24, 2.45) is 0 Å². The first kappa shape index (κ1) is 12.6. The van der Waals surface area contributed by atoms with Crippen molar-refractivity contribution in [3.8, 4) is 0 Å². The summed E-state index contributed by atoms with van der Waals surface area (Å²) in [4.78, 5) is 17.9. The number of fused-ring (bicyclic) bond motifs is 1. The molecule has 0 aliphatic carbocycles. The smallest absolute Gasteiger partial charge is 0.264 e. The van der Waals surface area contributed by atoms with Gasteiger partial charge in [0, 0.05) is 25.7 Å². The van der Waals surface area contributed by atoms with Crippen molar-refractivity contribution in [2.45, 2.75) is 25.8 Å². The molecule has 1 amide bonds. The molecule has 0 saturated carbocycles. The van der Waals surface area contributed by atoms with Crippen LogP contribution in [0.1, 0.15) is 28.1 Å². The van der Waals surface area contributed by atoms with Gasteiger partial charge in [0.05, 0.1) is 8.66 Å². The summed E-state index contributed by atoms with van der Waals surface area (Å²) >= 11 is 5.05. The van der Waals surface area contributed by atoms with E-state index in [4.69, 9.17) is 0 Å². The lowest BCUT2D eigenvalue weighted by molar-refractivity contribution is 0.0576. The van der Waals surface area contributed by atoms with Crippen LogP contribution >= 0.6 is 27.3 Å². The van der Waals surface area contributed by atoms with Crippen molar-refractivity contribution in [1.29, 1.82) is 0 Å². The van der Waals surface area contributed by atoms with E-state index in [-0.39, 0.29) is 5.91 Å². The highest BCUT2D eigenvalue weighted by Crippen LogP contribution is 2.29. The minimum absolute atomic E-state index is 0.209. The molecule has 0 N–H and O–H groups in total. The van der Waals surface area contributed by atoms with Crippen molar-refractivity contribution >= 4 is 33.2 Å². The lowest BCUT2D eigenvalue weighted by atomic mass is 10.1. The Morgan fingerprint density at radius 1 is 1.44 bits per heavy atom. The van der Waals surface area contributed by atoms with Crippen LogP contribution in [0, 0.1) is 6.92 Å². The van der Waals surface area contributed by atoms with Gasteiger partial charge in [-0.2, -0.15) is 0 Å². The number of nitrogens with zero attached hydrogens (tertiary/aromatic N) is 2. The largest absolute Gasteiger partial charge is 0.335 e. The average Bonchev–Trinajstić information content (AvgIpc) is 2.95. The van der Waals surface area contributed by atoms with E-state index in [2.05, 4.69) is 20.8 Å². The molecule has 0 bridgehead atoms. The Morgan fingerprint density at radius 3 is 3.00 bits per heavy atom. The first-order chi connectivity index (χ1) is 8.65. The van der Waals surface area contributed by atoms with Gasteiger partial charge in [0.25, 0.3) is 5.91 Å². The van der Waals surface area contributed by atoms with Gasteiger partial charge in [-0.15, -0.1) is 11.3 Å². The summed E-state index contributed by atoms with van der Waals surface area (Å²) in [6.45, 7) is 6.09. The maximum atomic E-state index is 12.5. The number of thiophene rings is 1. The highest BCUT2D eigenvalue weighted by Gasteiger charge is 2.33. The van der Waals surface area contributed by atoms with Gasteiger partial charge in [-0.1, -0.05) is 0 Å². The maximum Gasteiger partial charge on any atom is 0.264 e. The van der Waals surface area contributed by atoms with E-state index in [1.807, 2.05) is 17.9 Å². The second-order valence-electron chi connectivity index (χ2n) is 5.15. The van der Waals surface area contributed by atoms with E-state index in [0.717, 1.165) is 33.9 Å². The summed E-state index contributed by atoms with van der Waals surface area (Å²) < 4.78 is 1.07. The molecule has 0 spiro atoms. The quantitative estimate of drug-likeness (QED) is 0.791. The topological polar surface area (TPSA) is 23.6 Å². The molecule has 0 aromatic carbocycles. The summed E-state index contributed by atoms with van der Waals surface area (Å²) in [5, 5.41) is 0. The van der Waals surface area contributed by atoms with E-state index >= 15 is 0 Å². The lowest BCUT2D eigenvalue weighted by Gasteiger charge is -2.37. The minimum atomic E-state index is 0.209. The number of piperazine rings is 1. The summed E-state index contributed by atoms with van der Waals surface area (Å²) in [6.07, 6.45) is 2.54. The van der Waals surface area contributed by atoms with Crippen molar-refractivity contribution in [3.05, 3.63) is 20.3 Å². The summed E-state index contributed by atoms with van der Waals surface area (Å²) in [6, 6.07) is 2.60. The third-order valence-electron chi connectivity index (χ3n) is 3.94. The summed E-state index contributed by atoms with van der Waals surface area (Å²) in [7, 11) is 0. The fraction of sp³-hybridized carbons (Fsp3) is 0.615. The Balaban J connectivity index is 1.73. The zero-order valence-electron chi connectivity index (χ0n) is 10.5. The van der Waals surface area contributed by atoms with Gasteiger partial charge in [-0.05, 0) is 53.9 Å². The highest BCUT2D eigenvalue weighted by molar-refractivity contribution is 9.11. The van der Waals surface area contributed by atoms with Crippen LogP contribution < -0.4 is 0 Å². The molecule has 98 valence electrons. The monoisotopic (exact) mass is 328 g/mol. The Kier molecular flexibility index (Phi) is 3.47. The third kappa shape index (κ3) is 2.24. The van der Waals surface area contributed by atoms with Crippen LogP contribution in [0.2, 0.25) is 0 Å². The van der Waals surface area contributed by atoms with Crippen molar-refractivity contribution in [2.75, 3.05) is 26.2 Å². The molecule has 2 aliphatic rings. The zero-order chi connectivity index (χ0) is 12.7. The fourth-order valence-electron chi connectivity index (χ4n) is 2.90. The number of carbonyl (C=O) groups is 1. The van der Waals surface area contributed by atoms with Crippen LogP contribution in [0.25, 0.3) is 0 Å². The third-order valence-corrected chi connectivity index (χ3v) is 6.07. The van der Waals surface area contributed by atoms with Gasteiger partial charge in [0.1, 0.15) is 0 Å². The van der Waals surface area contributed by atoms with Crippen molar-refractivity contribution in [3.63, 3.8) is 0 Å². The van der Waals surface area contributed by atoms with Gasteiger partial charge >= 0.3 is 0 Å². The van der Waals surface area contributed by atoms with Crippen molar-refractivity contribution < 1.29 is 4.79 Å². The average molecular weight is 329 g/mol. The number of hydrogen-bond acceptors (Lipinski definition) is 3. The SMILES string of the molecule is Cc1cc(C(=O)N2CCN3CCCC3C2)sc1Br. The number of hydrogen-bond donors (Lipinski definition) is 0. The Morgan fingerprint density at radius 2 is 2.28 bits per heavy atom. The van der Waals surface area contributed by atoms with Crippen LogP contribution in [-0.4, -0.2) is 47.9 Å². The van der Waals surface area contributed by atoms with Crippen LogP contribution in [0.4, 0.5) is 0 Å². The Hall–Kier alpha value is -0.390. The number of halogens is 1. The second-order valence-corrected chi connectivity index (χ2v) is 7.52. The first-order valence-corrected chi connectivity index (χ1v) is 8.05. The zero-order valence-corrected chi connectivity index (χ0v) is 12.9. The fourth-order valence-corrected chi connectivity index (χ4v) is 4.40. The van der Waals surface area contributed by atoms with Gasteiger partial charge in [0.2, 0.25) is 0 Å². The number of aryl methyl sites for hydroxylation is 1. The molecule has 2 saturated heterocycles. The number of rotatable bonds is 1. The molecule has 2 fully saturated rings. The van der Waals surface area contributed by atoms with E-state index in [0.29, 0.717) is 6.04 Å². The molecule has 1 aromatic heterocycles. The van der Waals surface area contributed by atoms with Crippen LogP contribution in [0.5, 0.6) is 0 Å². The minimum Gasteiger partial charge on any atom is -0.335 e. The molecule has 3 heterocycles. The number of amides is 1. The molecule has 0 radical (unpaired) electrons. The molecule has 1 aromatic rings. The van der Waals surface area contributed by atoms with Crippen LogP contribution in [0.15, 0.2) is 9.85 Å². The standard InChI is InChI=1S/C13H17BrN2OS/c1-9-7-11(18-12(9)14)13(17)16-6-5-15-4-2-3-10(15)8-16/h7,10H,2-6,8H2,1H3. The second kappa shape index (κ2) is 4.94. The van der Waals surface area contributed by atoms with Crippen LogP contribution in [-0.2, 0) is 0 Å². The molecule has 5 heteroatoms.